The van der Waals surface area contributed by atoms with Crippen molar-refractivity contribution in [2.45, 2.75) is 67.5 Å². The molecule has 1 aliphatic heterocycles. The molecule has 2 atom stereocenters. The molecule has 2 heterocycles. The highest BCUT2D eigenvalue weighted by atomic mass is 35.5. The summed E-state index contributed by atoms with van der Waals surface area (Å²) in [5, 5.41) is 12.3. The molecule has 2 fully saturated rings. The second-order valence-electron chi connectivity index (χ2n) is 10.8. The zero-order valence-electron chi connectivity index (χ0n) is 24.1. The molecule has 14 heteroatoms. The second-order valence-corrected chi connectivity index (χ2v) is 12.1. The van der Waals surface area contributed by atoms with Crippen LogP contribution in [0.2, 0.25) is 5.02 Å². The highest BCUT2D eigenvalue weighted by Gasteiger charge is 2.45. The quantitative estimate of drug-likeness (QED) is 0.303. The van der Waals surface area contributed by atoms with Gasteiger partial charge in [-0.3, -0.25) is 24.2 Å². The van der Waals surface area contributed by atoms with Gasteiger partial charge in [-0.15, -0.1) is 11.8 Å². The molecule has 3 aromatic rings. The van der Waals surface area contributed by atoms with Gasteiger partial charge >= 0.3 is 0 Å². The summed E-state index contributed by atoms with van der Waals surface area (Å²) in [6, 6.07) is 10.2. The largest absolute Gasteiger partial charge is 0.351 e. The maximum absolute atomic E-state index is 15.0. The number of benzene rings is 2. The number of hydrogen-bond acceptors (Lipinski definition) is 7. The fourth-order valence-electron chi connectivity index (χ4n) is 5.62. The molecule has 0 bridgehead atoms. The van der Waals surface area contributed by atoms with Gasteiger partial charge in [0.25, 0.3) is 5.91 Å². The number of halogens is 4. The van der Waals surface area contributed by atoms with Crippen LogP contribution in [0.4, 0.5) is 24.8 Å². The Morgan fingerprint density at radius 2 is 1.91 bits per heavy atom. The summed E-state index contributed by atoms with van der Waals surface area (Å²) in [7, 11) is 0. The highest BCUT2D eigenvalue weighted by molar-refractivity contribution is 7.98. The van der Waals surface area contributed by atoms with Gasteiger partial charge in [0.2, 0.25) is 23.7 Å². The first-order valence-corrected chi connectivity index (χ1v) is 15.8. The van der Waals surface area contributed by atoms with E-state index in [0.717, 1.165) is 15.9 Å². The van der Waals surface area contributed by atoms with Crippen LogP contribution in [0.1, 0.15) is 55.8 Å². The molecule has 5 rings (SSSR count). The molecule has 1 saturated heterocycles. The van der Waals surface area contributed by atoms with E-state index in [1.807, 2.05) is 6.07 Å². The standard InChI is InChI=1S/C31H28ClF3N6O3S/c1-45-22-15-18(33)14-21(16-22)40(29(44)25-6-7-26(42)41(25)30-37-13-10-20(17-36)39-30)27(23-4-2-3-5-24(23)32)28(43)38-19-8-11-31(34,35)12-9-19/h2-5,10,13-16,19,25,27H,6-9,11-12H2,1H3,(H,38,43)/t25-,27?/m0/s1. The predicted molar refractivity (Wildman–Crippen MR) is 162 cm³/mol. The predicted octanol–water partition coefficient (Wildman–Crippen LogP) is 5.83. The Balaban J connectivity index is 1.63. The van der Waals surface area contributed by atoms with Gasteiger partial charge in [-0.2, -0.15) is 5.26 Å². The van der Waals surface area contributed by atoms with Crippen molar-refractivity contribution in [3.8, 4) is 6.07 Å². The molecule has 1 aliphatic carbocycles. The van der Waals surface area contributed by atoms with E-state index in [2.05, 4.69) is 15.3 Å². The molecule has 3 amide bonds. The molecular weight excluding hydrogens is 629 g/mol. The molecule has 234 valence electrons. The van der Waals surface area contributed by atoms with Crippen LogP contribution in [-0.2, 0) is 14.4 Å². The molecule has 1 N–H and O–H groups in total. The normalized spacial score (nSPS) is 18.7. The number of nitrogens with zero attached hydrogens (tertiary/aromatic N) is 5. The highest BCUT2D eigenvalue weighted by Crippen LogP contribution is 2.38. The number of amides is 3. The number of carbonyl (C=O) groups is 3. The van der Waals surface area contributed by atoms with Crippen LogP contribution < -0.4 is 15.1 Å². The van der Waals surface area contributed by atoms with Crippen LogP contribution in [0.5, 0.6) is 0 Å². The maximum Gasteiger partial charge on any atom is 0.251 e. The Labute approximate surface area is 266 Å². The second kappa shape index (κ2) is 13.5. The summed E-state index contributed by atoms with van der Waals surface area (Å²) in [4.78, 5) is 52.9. The van der Waals surface area contributed by atoms with Crippen molar-refractivity contribution in [3.05, 3.63) is 76.8 Å². The number of hydrogen-bond donors (Lipinski definition) is 1. The molecule has 1 unspecified atom stereocenters. The molecule has 9 nitrogen and oxygen atoms in total. The number of aromatic nitrogens is 2. The minimum atomic E-state index is -2.83. The third-order valence-electron chi connectivity index (χ3n) is 7.85. The number of nitrogens with one attached hydrogen (secondary N) is 1. The zero-order chi connectivity index (χ0) is 32.3. The Morgan fingerprint density at radius 1 is 1.18 bits per heavy atom. The Morgan fingerprint density at radius 3 is 2.60 bits per heavy atom. The minimum absolute atomic E-state index is 0.0191. The lowest BCUT2D eigenvalue weighted by atomic mass is 9.91. The van der Waals surface area contributed by atoms with Crippen LogP contribution in [0.25, 0.3) is 0 Å². The van der Waals surface area contributed by atoms with E-state index >= 15 is 4.39 Å². The molecule has 45 heavy (non-hydrogen) atoms. The van der Waals surface area contributed by atoms with E-state index in [1.165, 1.54) is 42.2 Å². The van der Waals surface area contributed by atoms with Gasteiger partial charge in [0, 0.05) is 52.7 Å². The number of anilines is 2. The maximum atomic E-state index is 15.0. The van der Waals surface area contributed by atoms with Gasteiger partial charge in [-0.05, 0) is 55.9 Å². The van der Waals surface area contributed by atoms with Crippen molar-refractivity contribution in [2.24, 2.45) is 0 Å². The van der Waals surface area contributed by atoms with E-state index < -0.39 is 60.4 Å². The number of alkyl halides is 2. The lowest BCUT2D eigenvalue weighted by Gasteiger charge is -2.37. The third kappa shape index (κ3) is 7.07. The molecule has 2 aliphatic rings. The lowest BCUT2D eigenvalue weighted by molar-refractivity contribution is -0.128. The van der Waals surface area contributed by atoms with Crippen LogP contribution in [0, 0.1) is 17.1 Å². The summed E-state index contributed by atoms with van der Waals surface area (Å²) in [5.41, 5.74) is 0.203. The number of carbonyl (C=O) groups excluding carboxylic acids is 3. The van der Waals surface area contributed by atoms with Crippen molar-refractivity contribution in [1.29, 1.82) is 5.26 Å². The summed E-state index contributed by atoms with van der Waals surface area (Å²) >= 11 is 7.82. The van der Waals surface area contributed by atoms with Crippen LogP contribution in [0.15, 0.2) is 59.6 Å². The fourth-order valence-corrected chi connectivity index (χ4v) is 6.33. The van der Waals surface area contributed by atoms with Crippen LogP contribution in [-0.4, -0.2) is 52.0 Å². The average molecular weight is 657 g/mol. The van der Waals surface area contributed by atoms with E-state index in [4.69, 9.17) is 11.6 Å². The first kappa shape index (κ1) is 32.2. The lowest BCUT2D eigenvalue weighted by Crippen LogP contribution is -2.53. The van der Waals surface area contributed by atoms with Gasteiger partial charge < -0.3 is 5.32 Å². The van der Waals surface area contributed by atoms with Crippen molar-refractivity contribution >= 4 is 52.7 Å². The van der Waals surface area contributed by atoms with Crippen molar-refractivity contribution in [1.82, 2.24) is 15.3 Å². The molecule has 0 spiro atoms. The van der Waals surface area contributed by atoms with Gasteiger partial charge in [0.15, 0.2) is 0 Å². The smallest absolute Gasteiger partial charge is 0.251 e. The van der Waals surface area contributed by atoms with Crippen molar-refractivity contribution in [2.75, 3.05) is 16.1 Å². The first-order valence-electron chi connectivity index (χ1n) is 14.2. The van der Waals surface area contributed by atoms with E-state index in [9.17, 15) is 28.4 Å². The third-order valence-corrected chi connectivity index (χ3v) is 8.90. The topological polar surface area (TPSA) is 119 Å². The SMILES string of the molecule is CSc1cc(F)cc(N(C(=O)[C@@H]2CCC(=O)N2c2nccc(C#N)n2)C(C(=O)NC2CCC(F)(F)CC2)c2ccccc2Cl)c1. The number of thioether (sulfide) groups is 1. The monoisotopic (exact) mass is 656 g/mol. The van der Waals surface area contributed by atoms with E-state index in [1.54, 1.807) is 24.5 Å². The van der Waals surface area contributed by atoms with Crippen LogP contribution in [0.3, 0.4) is 0 Å². The van der Waals surface area contributed by atoms with Gasteiger partial charge in [0.1, 0.15) is 29.7 Å². The molecule has 2 aromatic carbocycles. The average Bonchev–Trinajstić information content (AvgIpc) is 3.41. The van der Waals surface area contributed by atoms with Gasteiger partial charge in [-0.1, -0.05) is 29.8 Å². The number of rotatable bonds is 8. The first-order chi connectivity index (χ1) is 21.5. The Bertz CT molecular complexity index is 1660. The summed E-state index contributed by atoms with van der Waals surface area (Å²) in [5.74, 6) is -5.60. The van der Waals surface area contributed by atoms with Crippen molar-refractivity contribution < 1.29 is 27.6 Å². The van der Waals surface area contributed by atoms with Gasteiger partial charge in [0.05, 0.1) is 0 Å². The Kier molecular flexibility index (Phi) is 9.65. The molecular formula is C31H28ClF3N6O3S. The minimum Gasteiger partial charge on any atom is -0.351 e. The number of nitriles is 1. The van der Waals surface area contributed by atoms with Crippen molar-refractivity contribution in [3.63, 3.8) is 0 Å². The fraction of sp³-hybridized carbons (Fsp3) is 0.355. The molecule has 1 aromatic heterocycles. The Hall–Kier alpha value is -4.15. The molecule has 0 radical (unpaired) electrons. The summed E-state index contributed by atoms with van der Waals surface area (Å²) in [6.45, 7) is 0. The van der Waals surface area contributed by atoms with Crippen LogP contribution >= 0.6 is 23.4 Å². The van der Waals surface area contributed by atoms with Gasteiger partial charge in [-0.25, -0.2) is 23.1 Å². The van der Waals surface area contributed by atoms with E-state index in [0.29, 0.717) is 4.90 Å². The summed E-state index contributed by atoms with van der Waals surface area (Å²) in [6.07, 6.45) is 2.22. The zero-order valence-corrected chi connectivity index (χ0v) is 25.6. The van der Waals surface area contributed by atoms with E-state index in [-0.39, 0.29) is 53.6 Å². The molecule has 1 saturated carbocycles. The summed E-state index contributed by atoms with van der Waals surface area (Å²) < 4.78 is 42.8.